The van der Waals surface area contributed by atoms with E-state index in [2.05, 4.69) is 20.3 Å². The lowest BCUT2D eigenvalue weighted by molar-refractivity contribution is -0.120. The van der Waals surface area contributed by atoms with Crippen LogP contribution in [0.1, 0.15) is 11.4 Å². The number of carbonyl (C=O) groups is 1. The van der Waals surface area contributed by atoms with Gasteiger partial charge in [0.15, 0.2) is 0 Å². The zero-order valence-corrected chi connectivity index (χ0v) is 10.8. The number of imidazole rings is 1. The number of hydrogen-bond donors (Lipinski definition) is 2. The van der Waals surface area contributed by atoms with Crippen LogP contribution >= 0.6 is 0 Å². The summed E-state index contributed by atoms with van der Waals surface area (Å²) < 4.78 is 0. The molecule has 5 heteroatoms. The van der Waals surface area contributed by atoms with Crippen LogP contribution in [0.15, 0.2) is 48.8 Å². The molecule has 0 atom stereocenters. The Labute approximate surface area is 116 Å². The first-order valence-electron chi connectivity index (χ1n) is 6.40. The second-order valence-electron chi connectivity index (χ2n) is 4.51. The largest absolute Gasteiger partial charge is 0.349 e. The molecule has 0 saturated heterocycles. The monoisotopic (exact) mass is 266 g/mol. The van der Waals surface area contributed by atoms with Gasteiger partial charge in [0, 0.05) is 12.4 Å². The number of hydrogen-bond acceptors (Lipinski definition) is 3. The van der Waals surface area contributed by atoms with Crippen LogP contribution in [-0.4, -0.2) is 20.9 Å². The Hall–Kier alpha value is -2.69. The topological polar surface area (TPSA) is 70.7 Å². The van der Waals surface area contributed by atoms with Crippen molar-refractivity contribution < 1.29 is 4.79 Å². The molecule has 100 valence electrons. The van der Waals surface area contributed by atoms with Crippen LogP contribution < -0.4 is 5.32 Å². The van der Waals surface area contributed by atoms with E-state index in [4.69, 9.17) is 0 Å². The molecule has 0 fully saturated rings. The van der Waals surface area contributed by atoms with Crippen LogP contribution in [0, 0.1) is 0 Å². The molecule has 2 aromatic heterocycles. The highest BCUT2D eigenvalue weighted by atomic mass is 16.1. The summed E-state index contributed by atoms with van der Waals surface area (Å²) in [4.78, 5) is 23.3. The molecule has 1 amide bonds. The van der Waals surface area contributed by atoms with Crippen molar-refractivity contribution in [3.05, 3.63) is 60.2 Å². The van der Waals surface area contributed by atoms with E-state index in [0.717, 1.165) is 22.4 Å². The molecule has 0 saturated carbocycles. The zero-order valence-electron chi connectivity index (χ0n) is 10.8. The molecule has 5 nitrogen and oxygen atoms in total. The van der Waals surface area contributed by atoms with Gasteiger partial charge >= 0.3 is 0 Å². The third-order valence-electron chi connectivity index (χ3n) is 3.01. The summed E-state index contributed by atoms with van der Waals surface area (Å²) in [7, 11) is 0. The Morgan fingerprint density at radius 1 is 1.15 bits per heavy atom. The predicted octanol–water partition coefficient (Wildman–Crippen LogP) is 1.82. The fourth-order valence-electron chi connectivity index (χ4n) is 2.02. The minimum Gasteiger partial charge on any atom is -0.349 e. The van der Waals surface area contributed by atoms with Crippen LogP contribution in [0.5, 0.6) is 0 Å². The normalized spacial score (nSPS) is 10.6. The Kier molecular flexibility index (Phi) is 3.41. The lowest BCUT2D eigenvalue weighted by Crippen LogP contribution is -2.25. The van der Waals surface area contributed by atoms with Crippen LogP contribution in [-0.2, 0) is 17.8 Å². The quantitative estimate of drug-likeness (QED) is 0.756. The first kappa shape index (κ1) is 12.3. The third-order valence-corrected chi connectivity index (χ3v) is 3.01. The van der Waals surface area contributed by atoms with Gasteiger partial charge in [-0.3, -0.25) is 9.78 Å². The molecule has 0 spiro atoms. The predicted molar refractivity (Wildman–Crippen MR) is 75.9 cm³/mol. The first-order valence-corrected chi connectivity index (χ1v) is 6.40. The SMILES string of the molecule is O=C(Cc1ccncc1)NCc1nc2ccccc2[nH]1. The maximum absolute atomic E-state index is 11.8. The van der Waals surface area contributed by atoms with Crippen molar-refractivity contribution in [3.63, 3.8) is 0 Å². The van der Waals surface area contributed by atoms with Crippen molar-refractivity contribution in [2.24, 2.45) is 0 Å². The standard InChI is InChI=1S/C15H14N4O/c20-15(9-11-5-7-16-8-6-11)17-10-14-18-12-3-1-2-4-13(12)19-14/h1-8H,9-10H2,(H,17,20)(H,18,19). The second-order valence-corrected chi connectivity index (χ2v) is 4.51. The summed E-state index contributed by atoms with van der Waals surface area (Å²) in [6.07, 6.45) is 3.71. The number of pyridine rings is 1. The number of H-pyrrole nitrogens is 1. The van der Waals surface area contributed by atoms with Gasteiger partial charge in [-0.1, -0.05) is 12.1 Å². The molecular formula is C15H14N4O. The molecular weight excluding hydrogens is 252 g/mol. The van der Waals surface area contributed by atoms with Crippen molar-refractivity contribution >= 4 is 16.9 Å². The summed E-state index contributed by atoms with van der Waals surface area (Å²) >= 11 is 0. The zero-order chi connectivity index (χ0) is 13.8. The van der Waals surface area contributed by atoms with Crippen LogP contribution in [0.4, 0.5) is 0 Å². The van der Waals surface area contributed by atoms with Crippen LogP contribution in [0.3, 0.4) is 0 Å². The summed E-state index contributed by atoms with van der Waals surface area (Å²) in [6, 6.07) is 11.5. The molecule has 0 bridgehead atoms. The van der Waals surface area contributed by atoms with E-state index in [1.807, 2.05) is 36.4 Å². The van der Waals surface area contributed by atoms with E-state index in [9.17, 15) is 4.79 Å². The molecule has 2 N–H and O–H groups in total. The minimum absolute atomic E-state index is 0.0309. The summed E-state index contributed by atoms with van der Waals surface area (Å²) in [5, 5.41) is 2.86. The van der Waals surface area contributed by atoms with E-state index < -0.39 is 0 Å². The molecule has 0 unspecified atom stereocenters. The van der Waals surface area contributed by atoms with Gasteiger partial charge < -0.3 is 10.3 Å². The highest BCUT2D eigenvalue weighted by Crippen LogP contribution is 2.09. The lowest BCUT2D eigenvalue weighted by Gasteiger charge is -2.03. The van der Waals surface area contributed by atoms with Gasteiger partial charge in [-0.05, 0) is 29.8 Å². The maximum atomic E-state index is 11.8. The van der Waals surface area contributed by atoms with E-state index in [0.29, 0.717) is 13.0 Å². The third kappa shape index (κ3) is 2.83. The Bertz CT molecular complexity index is 688. The molecule has 0 aliphatic rings. The number of aromatic amines is 1. The molecule has 20 heavy (non-hydrogen) atoms. The minimum atomic E-state index is -0.0309. The average molecular weight is 266 g/mol. The lowest BCUT2D eigenvalue weighted by atomic mass is 10.2. The van der Waals surface area contributed by atoms with Crippen molar-refractivity contribution in [2.45, 2.75) is 13.0 Å². The molecule has 1 aromatic carbocycles. The highest BCUT2D eigenvalue weighted by Gasteiger charge is 2.05. The van der Waals surface area contributed by atoms with E-state index >= 15 is 0 Å². The summed E-state index contributed by atoms with van der Waals surface area (Å²) in [6.45, 7) is 0.401. The van der Waals surface area contributed by atoms with Gasteiger partial charge in [0.05, 0.1) is 24.0 Å². The number of rotatable bonds is 4. The van der Waals surface area contributed by atoms with Gasteiger partial charge in [-0.2, -0.15) is 0 Å². The Morgan fingerprint density at radius 3 is 2.75 bits per heavy atom. The second kappa shape index (κ2) is 5.52. The number of amides is 1. The molecule has 3 rings (SSSR count). The van der Waals surface area contributed by atoms with Gasteiger partial charge in [0.1, 0.15) is 5.82 Å². The van der Waals surface area contributed by atoms with E-state index in [-0.39, 0.29) is 5.91 Å². The first-order chi connectivity index (χ1) is 9.81. The van der Waals surface area contributed by atoms with E-state index in [1.54, 1.807) is 12.4 Å². The van der Waals surface area contributed by atoms with E-state index in [1.165, 1.54) is 0 Å². The fourth-order valence-corrected chi connectivity index (χ4v) is 2.02. The molecule has 0 aliphatic carbocycles. The maximum Gasteiger partial charge on any atom is 0.224 e. The average Bonchev–Trinajstić information content (AvgIpc) is 2.89. The van der Waals surface area contributed by atoms with Crippen molar-refractivity contribution in [1.82, 2.24) is 20.3 Å². The number of aromatic nitrogens is 3. The van der Waals surface area contributed by atoms with Gasteiger partial charge in [0.25, 0.3) is 0 Å². The van der Waals surface area contributed by atoms with Crippen LogP contribution in [0.2, 0.25) is 0 Å². The Balaban J connectivity index is 1.60. The molecule has 2 heterocycles. The Morgan fingerprint density at radius 2 is 1.95 bits per heavy atom. The smallest absolute Gasteiger partial charge is 0.224 e. The number of nitrogens with zero attached hydrogens (tertiary/aromatic N) is 2. The summed E-state index contributed by atoms with van der Waals surface area (Å²) in [5.74, 6) is 0.728. The number of carbonyl (C=O) groups excluding carboxylic acids is 1. The van der Waals surface area contributed by atoms with Gasteiger partial charge in [0.2, 0.25) is 5.91 Å². The van der Waals surface area contributed by atoms with Gasteiger partial charge in [-0.25, -0.2) is 4.98 Å². The van der Waals surface area contributed by atoms with Crippen LogP contribution in [0.25, 0.3) is 11.0 Å². The van der Waals surface area contributed by atoms with Crippen molar-refractivity contribution in [2.75, 3.05) is 0 Å². The number of nitrogens with one attached hydrogen (secondary N) is 2. The number of benzene rings is 1. The molecule has 0 aliphatic heterocycles. The summed E-state index contributed by atoms with van der Waals surface area (Å²) in [5.41, 5.74) is 2.83. The number of fused-ring (bicyclic) bond motifs is 1. The fraction of sp³-hybridized carbons (Fsp3) is 0.133. The number of para-hydroxylation sites is 2. The van der Waals surface area contributed by atoms with Crippen molar-refractivity contribution in [3.8, 4) is 0 Å². The van der Waals surface area contributed by atoms with Gasteiger partial charge in [-0.15, -0.1) is 0 Å². The molecule has 0 radical (unpaired) electrons. The van der Waals surface area contributed by atoms with Crippen molar-refractivity contribution in [1.29, 1.82) is 0 Å². The molecule has 3 aromatic rings. The highest BCUT2D eigenvalue weighted by molar-refractivity contribution is 5.78.